The van der Waals surface area contributed by atoms with Crippen LogP contribution in [0.25, 0.3) is 0 Å². The standard InChI is InChI=1S/C14H17ClN4O2S.ClH/c1-19-14(12(15)8-17-19)22(20,21)18-13-4-2-3-9-7-10(16)5-6-11(9)13;/h5-8,13,18H,2-4,16H2,1H3;1H. The summed E-state index contributed by atoms with van der Waals surface area (Å²) < 4.78 is 29.2. The fourth-order valence-electron chi connectivity index (χ4n) is 2.90. The molecule has 3 N–H and O–H groups in total. The molecule has 0 amide bonds. The predicted octanol–water partition coefficient (Wildman–Crippen LogP) is 2.43. The minimum Gasteiger partial charge on any atom is -0.399 e. The first-order valence-corrected chi connectivity index (χ1v) is 8.83. The molecule has 1 aliphatic rings. The molecule has 1 atom stereocenters. The van der Waals surface area contributed by atoms with Crippen molar-refractivity contribution in [2.24, 2.45) is 7.05 Å². The average molecular weight is 377 g/mol. The van der Waals surface area contributed by atoms with Gasteiger partial charge in [-0.15, -0.1) is 12.4 Å². The van der Waals surface area contributed by atoms with E-state index in [1.807, 2.05) is 12.1 Å². The monoisotopic (exact) mass is 376 g/mol. The van der Waals surface area contributed by atoms with Gasteiger partial charge in [0.05, 0.1) is 11.2 Å². The second-order valence-electron chi connectivity index (χ2n) is 5.45. The number of benzene rings is 1. The second kappa shape index (κ2) is 6.68. The van der Waals surface area contributed by atoms with Crippen molar-refractivity contribution in [2.45, 2.75) is 30.3 Å². The Kier molecular flexibility index (Phi) is 5.25. The fourth-order valence-corrected chi connectivity index (χ4v) is 4.81. The molecule has 0 saturated heterocycles. The van der Waals surface area contributed by atoms with Gasteiger partial charge >= 0.3 is 0 Å². The topological polar surface area (TPSA) is 90.0 Å². The molecule has 0 radical (unpaired) electrons. The summed E-state index contributed by atoms with van der Waals surface area (Å²) in [6, 6.07) is 5.32. The zero-order chi connectivity index (χ0) is 15.9. The number of nitrogen functional groups attached to an aromatic ring is 1. The molecule has 0 fully saturated rings. The van der Waals surface area contributed by atoms with Crippen molar-refractivity contribution < 1.29 is 8.42 Å². The minimum absolute atomic E-state index is 0. The number of anilines is 1. The van der Waals surface area contributed by atoms with Crippen molar-refractivity contribution in [3.63, 3.8) is 0 Å². The molecule has 1 aliphatic carbocycles. The summed E-state index contributed by atoms with van der Waals surface area (Å²) >= 11 is 5.95. The lowest BCUT2D eigenvalue weighted by Crippen LogP contribution is -2.32. The number of aryl methyl sites for hydroxylation is 2. The largest absolute Gasteiger partial charge is 0.399 e. The third kappa shape index (κ3) is 3.47. The van der Waals surface area contributed by atoms with Gasteiger partial charge in [0.1, 0.15) is 0 Å². The van der Waals surface area contributed by atoms with Gasteiger partial charge in [-0.05, 0) is 42.5 Å². The smallest absolute Gasteiger partial charge is 0.259 e. The number of hydrogen-bond acceptors (Lipinski definition) is 4. The van der Waals surface area contributed by atoms with Gasteiger partial charge in [-0.3, -0.25) is 4.68 Å². The van der Waals surface area contributed by atoms with Crippen molar-refractivity contribution in [1.29, 1.82) is 0 Å². The zero-order valence-corrected chi connectivity index (χ0v) is 14.9. The van der Waals surface area contributed by atoms with Crippen LogP contribution in [0, 0.1) is 0 Å². The maximum Gasteiger partial charge on any atom is 0.259 e. The molecule has 0 saturated carbocycles. The van der Waals surface area contributed by atoms with Crippen molar-refractivity contribution in [3.8, 4) is 0 Å². The number of nitrogens with one attached hydrogen (secondary N) is 1. The molecule has 2 aromatic rings. The molecule has 3 rings (SSSR count). The van der Waals surface area contributed by atoms with Crippen LogP contribution >= 0.6 is 24.0 Å². The van der Waals surface area contributed by atoms with Gasteiger partial charge < -0.3 is 5.73 Å². The molecule has 0 bridgehead atoms. The number of aromatic nitrogens is 2. The fraction of sp³-hybridized carbons (Fsp3) is 0.357. The zero-order valence-electron chi connectivity index (χ0n) is 12.5. The van der Waals surface area contributed by atoms with Crippen LogP contribution in [0.1, 0.15) is 30.0 Å². The van der Waals surface area contributed by atoms with E-state index in [0.29, 0.717) is 5.69 Å². The van der Waals surface area contributed by atoms with Gasteiger partial charge in [0.25, 0.3) is 10.0 Å². The Morgan fingerprint density at radius 1 is 1.43 bits per heavy atom. The van der Waals surface area contributed by atoms with Crippen molar-refractivity contribution in [2.75, 3.05) is 5.73 Å². The van der Waals surface area contributed by atoms with E-state index in [1.165, 1.54) is 10.9 Å². The highest BCUT2D eigenvalue weighted by Gasteiger charge is 2.29. The molecule has 1 aromatic carbocycles. The van der Waals surface area contributed by atoms with Crippen LogP contribution in [0.5, 0.6) is 0 Å². The van der Waals surface area contributed by atoms with E-state index < -0.39 is 10.0 Å². The first-order chi connectivity index (χ1) is 10.4. The normalized spacial score (nSPS) is 17.4. The van der Waals surface area contributed by atoms with E-state index in [9.17, 15) is 8.42 Å². The molecule has 0 spiro atoms. The van der Waals surface area contributed by atoms with Crippen molar-refractivity contribution in [3.05, 3.63) is 40.5 Å². The number of sulfonamides is 1. The van der Waals surface area contributed by atoms with E-state index in [2.05, 4.69) is 9.82 Å². The molecule has 1 unspecified atom stereocenters. The van der Waals surface area contributed by atoms with Crippen molar-refractivity contribution in [1.82, 2.24) is 14.5 Å². The van der Waals surface area contributed by atoms with Crippen LogP contribution in [-0.4, -0.2) is 18.2 Å². The van der Waals surface area contributed by atoms with E-state index in [-0.39, 0.29) is 28.5 Å². The number of nitrogens with zero attached hydrogens (tertiary/aromatic N) is 2. The Morgan fingerprint density at radius 3 is 2.83 bits per heavy atom. The maximum atomic E-state index is 12.6. The first kappa shape index (κ1) is 18.1. The Morgan fingerprint density at radius 2 is 2.17 bits per heavy atom. The van der Waals surface area contributed by atoms with Crippen LogP contribution in [0.3, 0.4) is 0 Å². The third-order valence-corrected chi connectivity index (χ3v) is 5.85. The summed E-state index contributed by atoms with van der Waals surface area (Å²) in [4.78, 5) is 0. The molecular weight excluding hydrogens is 359 g/mol. The van der Waals surface area contributed by atoms with E-state index in [0.717, 1.165) is 30.4 Å². The van der Waals surface area contributed by atoms with E-state index in [1.54, 1.807) is 13.1 Å². The lowest BCUT2D eigenvalue weighted by molar-refractivity contribution is 0.501. The predicted molar refractivity (Wildman–Crippen MR) is 92.3 cm³/mol. The molecule has 1 heterocycles. The average Bonchev–Trinajstić information content (AvgIpc) is 2.78. The lowest BCUT2D eigenvalue weighted by Gasteiger charge is -2.26. The molecule has 0 aliphatic heterocycles. The summed E-state index contributed by atoms with van der Waals surface area (Å²) in [5.74, 6) is 0. The summed E-state index contributed by atoms with van der Waals surface area (Å²) in [6.45, 7) is 0. The summed E-state index contributed by atoms with van der Waals surface area (Å²) in [6.07, 6.45) is 3.88. The Balaban J connectivity index is 0.00000192. The van der Waals surface area contributed by atoms with Crippen LogP contribution in [0.15, 0.2) is 29.4 Å². The Hall–Kier alpha value is -1.28. The van der Waals surface area contributed by atoms with Gasteiger partial charge in [0.15, 0.2) is 5.03 Å². The molecule has 6 nitrogen and oxygen atoms in total. The van der Waals surface area contributed by atoms with Crippen molar-refractivity contribution >= 4 is 39.7 Å². The van der Waals surface area contributed by atoms with Gasteiger partial charge in [-0.1, -0.05) is 17.7 Å². The first-order valence-electron chi connectivity index (χ1n) is 6.96. The van der Waals surface area contributed by atoms with Gasteiger partial charge in [0.2, 0.25) is 0 Å². The summed E-state index contributed by atoms with van der Waals surface area (Å²) in [7, 11) is -2.19. The van der Waals surface area contributed by atoms with Crippen LogP contribution in [-0.2, 0) is 23.5 Å². The molecule has 1 aromatic heterocycles. The molecular formula is C14H18Cl2N4O2S. The third-order valence-electron chi connectivity index (χ3n) is 3.88. The number of rotatable bonds is 3. The molecule has 9 heteroatoms. The highest BCUT2D eigenvalue weighted by molar-refractivity contribution is 7.89. The quantitative estimate of drug-likeness (QED) is 0.804. The summed E-state index contributed by atoms with van der Waals surface area (Å²) in [5, 5.41) is 3.98. The van der Waals surface area contributed by atoms with Crippen LogP contribution < -0.4 is 10.5 Å². The number of nitrogens with two attached hydrogens (primary N) is 1. The van der Waals surface area contributed by atoms with Gasteiger partial charge in [-0.2, -0.15) is 5.10 Å². The van der Waals surface area contributed by atoms with E-state index in [4.69, 9.17) is 17.3 Å². The number of fused-ring (bicyclic) bond motifs is 1. The molecule has 126 valence electrons. The minimum atomic E-state index is -3.74. The highest BCUT2D eigenvalue weighted by Crippen LogP contribution is 2.32. The molecule has 23 heavy (non-hydrogen) atoms. The Labute approximate surface area is 146 Å². The Bertz CT molecular complexity index is 801. The number of halogens is 2. The lowest BCUT2D eigenvalue weighted by atomic mass is 9.88. The SMILES string of the molecule is Cl.Cn1ncc(Cl)c1S(=O)(=O)NC1CCCc2cc(N)ccc21. The van der Waals surface area contributed by atoms with Gasteiger partial charge in [0, 0.05) is 18.8 Å². The second-order valence-corrected chi connectivity index (χ2v) is 7.48. The maximum absolute atomic E-state index is 12.6. The van der Waals surface area contributed by atoms with Gasteiger partial charge in [-0.25, -0.2) is 13.1 Å². The van der Waals surface area contributed by atoms with Crippen LogP contribution in [0.2, 0.25) is 5.02 Å². The number of hydrogen-bond donors (Lipinski definition) is 2. The van der Waals surface area contributed by atoms with Crippen LogP contribution in [0.4, 0.5) is 5.69 Å². The highest BCUT2D eigenvalue weighted by atomic mass is 35.5. The van der Waals surface area contributed by atoms with E-state index >= 15 is 0 Å². The summed E-state index contributed by atoms with van der Waals surface area (Å²) in [5.41, 5.74) is 8.56.